The molecule has 0 amide bonds. The number of benzene rings is 1. The fourth-order valence-electron chi connectivity index (χ4n) is 3.78. The summed E-state index contributed by atoms with van der Waals surface area (Å²) < 4.78 is 6.26. The Labute approximate surface area is 127 Å². The molecule has 1 aliphatic carbocycles. The van der Waals surface area contributed by atoms with Crippen LogP contribution in [-0.2, 0) is 11.2 Å². The number of anilines is 1. The Bertz CT molecular complexity index is 500. The summed E-state index contributed by atoms with van der Waals surface area (Å²) in [5.74, 6) is 0. The molecule has 0 bridgehead atoms. The van der Waals surface area contributed by atoms with Gasteiger partial charge in [0, 0.05) is 30.9 Å². The number of hydrogen-bond donors (Lipinski definition) is 1. The van der Waals surface area contributed by atoms with Crippen LogP contribution in [-0.4, -0.2) is 37.4 Å². The van der Waals surface area contributed by atoms with Crippen molar-refractivity contribution in [2.45, 2.75) is 63.3 Å². The zero-order valence-corrected chi connectivity index (χ0v) is 12.9. The van der Waals surface area contributed by atoms with E-state index in [0.29, 0.717) is 18.2 Å². The van der Waals surface area contributed by atoms with Crippen LogP contribution in [0.25, 0.3) is 0 Å². The first-order chi connectivity index (χ1) is 10.3. The molecule has 21 heavy (non-hydrogen) atoms. The first-order valence-electron chi connectivity index (χ1n) is 8.53. The Morgan fingerprint density at radius 1 is 1.14 bits per heavy atom. The van der Waals surface area contributed by atoms with Gasteiger partial charge in [-0.2, -0.15) is 0 Å². The van der Waals surface area contributed by atoms with E-state index >= 15 is 0 Å². The van der Waals surface area contributed by atoms with Gasteiger partial charge in [-0.3, -0.25) is 0 Å². The van der Waals surface area contributed by atoms with Gasteiger partial charge < -0.3 is 15.0 Å². The molecule has 2 fully saturated rings. The van der Waals surface area contributed by atoms with Gasteiger partial charge in [-0.1, -0.05) is 18.2 Å². The van der Waals surface area contributed by atoms with Crippen LogP contribution in [0, 0.1) is 0 Å². The highest BCUT2D eigenvalue weighted by Gasteiger charge is 2.32. The van der Waals surface area contributed by atoms with Gasteiger partial charge in [-0.15, -0.1) is 0 Å². The van der Waals surface area contributed by atoms with Crippen LogP contribution in [0.2, 0.25) is 0 Å². The molecule has 3 aliphatic rings. The van der Waals surface area contributed by atoms with Crippen LogP contribution < -0.4 is 10.2 Å². The van der Waals surface area contributed by atoms with Crippen molar-refractivity contribution in [3.05, 3.63) is 29.8 Å². The van der Waals surface area contributed by atoms with Gasteiger partial charge >= 0.3 is 0 Å². The summed E-state index contributed by atoms with van der Waals surface area (Å²) >= 11 is 0. The molecule has 1 aromatic carbocycles. The number of para-hydroxylation sites is 1. The summed E-state index contributed by atoms with van der Waals surface area (Å²) in [4.78, 5) is 2.55. The van der Waals surface area contributed by atoms with Crippen LogP contribution in [0.4, 0.5) is 5.69 Å². The Balaban J connectivity index is 1.34. The maximum Gasteiger partial charge on any atom is 0.0755 e. The molecule has 3 atom stereocenters. The number of nitrogens with one attached hydrogen (secondary N) is 1. The quantitative estimate of drug-likeness (QED) is 0.901. The third-order valence-electron chi connectivity index (χ3n) is 5.16. The van der Waals surface area contributed by atoms with Gasteiger partial charge in [0.25, 0.3) is 0 Å². The molecule has 3 nitrogen and oxygen atoms in total. The van der Waals surface area contributed by atoms with Gasteiger partial charge in [0.1, 0.15) is 0 Å². The molecule has 3 heteroatoms. The maximum absolute atomic E-state index is 6.26. The molecular formula is C18H26N2O. The van der Waals surface area contributed by atoms with Crippen molar-refractivity contribution in [3.63, 3.8) is 0 Å². The van der Waals surface area contributed by atoms with Gasteiger partial charge in [0.05, 0.1) is 12.2 Å². The predicted octanol–water partition coefficient (Wildman–Crippen LogP) is 2.74. The second kappa shape index (κ2) is 5.62. The maximum atomic E-state index is 6.26. The standard InChI is InChI=1S/C18H26N2O/c1-13-10-14-4-2-3-5-18(14)20(13)12-17-9-8-16(21-17)11-19-15-6-7-15/h2-5,13,15-17,19H,6-12H2,1H3. The van der Waals surface area contributed by atoms with Crippen LogP contribution in [0.5, 0.6) is 0 Å². The fraction of sp³-hybridized carbons (Fsp3) is 0.667. The van der Waals surface area contributed by atoms with Gasteiger partial charge in [-0.05, 0) is 50.7 Å². The summed E-state index contributed by atoms with van der Waals surface area (Å²) in [6, 6.07) is 10.2. The van der Waals surface area contributed by atoms with Crippen molar-refractivity contribution >= 4 is 5.69 Å². The van der Waals surface area contributed by atoms with Crippen molar-refractivity contribution in [3.8, 4) is 0 Å². The van der Waals surface area contributed by atoms with Crippen molar-refractivity contribution in [1.29, 1.82) is 0 Å². The van der Waals surface area contributed by atoms with E-state index in [4.69, 9.17) is 4.74 Å². The summed E-state index contributed by atoms with van der Waals surface area (Å²) in [7, 11) is 0. The summed E-state index contributed by atoms with van der Waals surface area (Å²) in [5.41, 5.74) is 2.92. The average molecular weight is 286 g/mol. The smallest absolute Gasteiger partial charge is 0.0755 e. The SMILES string of the molecule is CC1Cc2ccccc2N1CC1CCC(CNC2CC2)O1. The molecule has 0 aromatic heterocycles. The van der Waals surface area contributed by atoms with Crippen LogP contribution in [0.3, 0.4) is 0 Å². The molecule has 0 radical (unpaired) electrons. The van der Waals surface area contributed by atoms with Gasteiger partial charge in [0.2, 0.25) is 0 Å². The van der Waals surface area contributed by atoms with Crippen LogP contribution in [0.15, 0.2) is 24.3 Å². The number of fused-ring (bicyclic) bond motifs is 1. The number of hydrogen-bond acceptors (Lipinski definition) is 3. The Morgan fingerprint density at radius 3 is 2.81 bits per heavy atom. The third kappa shape index (κ3) is 2.95. The van der Waals surface area contributed by atoms with Crippen LogP contribution in [0.1, 0.15) is 38.2 Å². The predicted molar refractivity (Wildman–Crippen MR) is 85.9 cm³/mol. The zero-order valence-electron chi connectivity index (χ0n) is 12.9. The Kier molecular flexibility index (Phi) is 3.64. The molecule has 1 saturated heterocycles. The van der Waals surface area contributed by atoms with Crippen LogP contribution >= 0.6 is 0 Å². The molecule has 4 rings (SSSR count). The molecule has 1 aromatic rings. The molecular weight excluding hydrogens is 260 g/mol. The molecule has 3 unspecified atom stereocenters. The van der Waals surface area contributed by atoms with E-state index in [1.54, 1.807) is 0 Å². The normalized spacial score (nSPS) is 31.7. The lowest BCUT2D eigenvalue weighted by Gasteiger charge is -2.28. The lowest BCUT2D eigenvalue weighted by atomic mass is 10.1. The molecule has 0 spiro atoms. The van der Waals surface area contributed by atoms with E-state index in [0.717, 1.165) is 19.1 Å². The molecule has 1 saturated carbocycles. The van der Waals surface area contributed by atoms with Gasteiger partial charge in [0.15, 0.2) is 0 Å². The Hall–Kier alpha value is -1.06. The minimum Gasteiger partial charge on any atom is -0.372 e. The minimum atomic E-state index is 0.407. The van der Waals surface area contributed by atoms with E-state index < -0.39 is 0 Å². The van der Waals surface area contributed by atoms with E-state index in [1.165, 1.54) is 43.4 Å². The number of ether oxygens (including phenoxy) is 1. The fourth-order valence-corrected chi connectivity index (χ4v) is 3.78. The number of rotatable bonds is 5. The molecule has 2 heterocycles. The third-order valence-corrected chi connectivity index (χ3v) is 5.16. The minimum absolute atomic E-state index is 0.407. The first kappa shape index (κ1) is 13.6. The molecule has 1 N–H and O–H groups in total. The van der Waals surface area contributed by atoms with Crippen molar-refractivity contribution in [1.82, 2.24) is 5.32 Å². The monoisotopic (exact) mass is 286 g/mol. The summed E-state index contributed by atoms with van der Waals surface area (Å²) in [6.07, 6.45) is 7.16. The van der Waals surface area contributed by atoms with Crippen molar-refractivity contribution in [2.24, 2.45) is 0 Å². The summed E-state index contributed by atoms with van der Waals surface area (Å²) in [5, 5.41) is 3.60. The van der Waals surface area contributed by atoms with E-state index in [9.17, 15) is 0 Å². The Morgan fingerprint density at radius 2 is 1.95 bits per heavy atom. The lowest BCUT2D eigenvalue weighted by molar-refractivity contribution is 0.0486. The second-order valence-corrected chi connectivity index (χ2v) is 6.97. The summed E-state index contributed by atoms with van der Waals surface area (Å²) in [6.45, 7) is 4.44. The van der Waals surface area contributed by atoms with Crippen molar-refractivity contribution in [2.75, 3.05) is 18.0 Å². The molecule has 2 aliphatic heterocycles. The highest BCUT2D eigenvalue weighted by Crippen LogP contribution is 2.33. The van der Waals surface area contributed by atoms with E-state index in [2.05, 4.69) is 41.4 Å². The largest absolute Gasteiger partial charge is 0.372 e. The lowest BCUT2D eigenvalue weighted by Crippen LogP contribution is -2.37. The average Bonchev–Trinajstić information content (AvgIpc) is 3.13. The second-order valence-electron chi connectivity index (χ2n) is 6.97. The van der Waals surface area contributed by atoms with Crippen molar-refractivity contribution < 1.29 is 4.74 Å². The first-order valence-corrected chi connectivity index (χ1v) is 8.53. The van der Waals surface area contributed by atoms with Gasteiger partial charge in [-0.25, -0.2) is 0 Å². The molecule has 114 valence electrons. The number of nitrogens with zero attached hydrogens (tertiary/aromatic N) is 1. The van der Waals surface area contributed by atoms with E-state index in [-0.39, 0.29) is 0 Å². The topological polar surface area (TPSA) is 24.5 Å². The van der Waals surface area contributed by atoms with E-state index in [1.807, 2.05) is 0 Å². The zero-order chi connectivity index (χ0) is 14.2. The highest BCUT2D eigenvalue weighted by atomic mass is 16.5. The highest BCUT2D eigenvalue weighted by molar-refractivity contribution is 5.59.